The van der Waals surface area contributed by atoms with E-state index in [2.05, 4.69) is 13.8 Å². The fourth-order valence-electron chi connectivity index (χ4n) is 1.61. The van der Waals surface area contributed by atoms with Crippen LogP contribution < -0.4 is 5.73 Å². The van der Waals surface area contributed by atoms with Gasteiger partial charge in [0.05, 0.1) is 6.10 Å². The van der Waals surface area contributed by atoms with E-state index in [0.29, 0.717) is 12.5 Å². The van der Waals surface area contributed by atoms with Crippen LogP contribution in [0.1, 0.15) is 33.1 Å². The van der Waals surface area contributed by atoms with Crippen molar-refractivity contribution in [3.63, 3.8) is 0 Å². The lowest BCUT2D eigenvalue weighted by Crippen LogP contribution is -2.34. The summed E-state index contributed by atoms with van der Waals surface area (Å²) in [5.41, 5.74) is 5.71. The lowest BCUT2D eigenvalue weighted by Gasteiger charge is -2.25. The molecule has 0 aromatic carbocycles. The highest BCUT2D eigenvalue weighted by Crippen LogP contribution is 2.50. The molecule has 1 saturated carbocycles. The minimum absolute atomic E-state index is 0.107. The van der Waals surface area contributed by atoms with Crippen LogP contribution in [0.5, 0.6) is 0 Å². The van der Waals surface area contributed by atoms with Crippen molar-refractivity contribution in [3.8, 4) is 0 Å². The van der Waals surface area contributed by atoms with Gasteiger partial charge in [-0.15, -0.1) is 0 Å². The topological polar surface area (TPSA) is 46.2 Å². The monoisotopic (exact) mass is 157 g/mol. The van der Waals surface area contributed by atoms with Crippen LogP contribution in [0.15, 0.2) is 0 Å². The van der Waals surface area contributed by atoms with Gasteiger partial charge in [0.25, 0.3) is 0 Å². The second-order valence-electron chi connectivity index (χ2n) is 3.90. The van der Waals surface area contributed by atoms with Crippen molar-refractivity contribution in [3.05, 3.63) is 0 Å². The second kappa shape index (κ2) is 3.11. The van der Waals surface area contributed by atoms with E-state index in [1.807, 2.05) is 0 Å². The van der Waals surface area contributed by atoms with Crippen molar-refractivity contribution in [2.45, 2.75) is 39.2 Å². The Morgan fingerprint density at radius 3 is 2.36 bits per heavy atom. The zero-order chi connectivity index (χ0) is 8.48. The van der Waals surface area contributed by atoms with Crippen molar-refractivity contribution in [2.75, 3.05) is 6.54 Å². The maximum atomic E-state index is 9.83. The molecule has 2 heteroatoms. The summed E-state index contributed by atoms with van der Waals surface area (Å²) in [4.78, 5) is 0. The van der Waals surface area contributed by atoms with E-state index in [9.17, 15) is 5.11 Å². The van der Waals surface area contributed by atoms with Crippen LogP contribution in [0.25, 0.3) is 0 Å². The highest BCUT2D eigenvalue weighted by molar-refractivity contribution is 5.00. The quantitative estimate of drug-likeness (QED) is 0.642. The van der Waals surface area contributed by atoms with E-state index >= 15 is 0 Å². The summed E-state index contributed by atoms with van der Waals surface area (Å²) in [5, 5.41) is 9.83. The predicted octanol–water partition coefficient (Wildman–Crippen LogP) is 1.13. The Hall–Kier alpha value is -0.0800. The van der Waals surface area contributed by atoms with Gasteiger partial charge in [0.1, 0.15) is 0 Å². The van der Waals surface area contributed by atoms with E-state index in [0.717, 1.165) is 19.3 Å². The van der Waals surface area contributed by atoms with Gasteiger partial charge < -0.3 is 10.8 Å². The molecule has 1 fully saturated rings. The minimum atomic E-state index is -0.169. The van der Waals surface area contributed by atoms with E-state index in [1.54, 1.807) is 0 Å². The number of hydrogen-bond donors (Lipinski definition) is 2. The highest BCUT2D eigenvalue weighted by Gasteiger charge is 2.48. The van der Waals surface area contributed by atoms with Gasteiger partial charge in [-0.25, -0.2) is 0 Å². The molecule has 1 aliphatic rings. The molecule has 0 heterocycles. The van der Waals surface area contributed by atoms with Gasteiger partial charge in [-0.2, -0.15) is 0 Å². The summed E-state index contributed by atoms with van der Waals surface area (Å²) in [6.07, 6.45) is 3.12. The van der Waals surface area contributed by atoms with Crippen molar-refractivity contribution in [2.24, 2.45) is 17.1 Å². The van der Waals surface area contributed by atoms with Crippen LogP contribution >= 0.6 is 0 Å². The number of rotatable bonds is 4. The average Bonchev–Trinajstić information content (AvgIpc) is 2.82. The van der Waals surface area contributed by atoms with Crippen molar-refractivity contribution < 1.29 is 5.11 Å². The Bertz CT molecular complexity index is 132. The smallest absolute Gasteiger partial charge is 0.0633 e. The predicted molar refractivity (Wildman–Crippen MR) is 46.2 cm³/mol. The number of nitrogens with two attached hydrogens (primary N) is 1. The molecule has 0 aliphatic heterocycles. The maximum Gasteiger partial charge on any atom is 0.0633 e. The Kier molecular flexibility index (Phi) is 2.55. The molecule has 0 bridgehead atoms. The molecule has 0 aromatic heterocycles. The zero-order valence-corrected chi connectivity index (χ0v) is 7.51. The first kappa shape index (κ1) is 9.01. The van der Waals surface area contributed by atoms with Gasteiger partial charge in [0.15, 0.2) is 0 Å². The van der Waals surface area contributed by atoms with Crippen LogP contribution in [0.4, 0.5) is 0 Å². The first-order valence-electron chi connectivity index (χ1n) is 4.54. The molecule has 0 saturated heterocycles. The van der Waals surface area contributed by atoms with Crippen molar-refractivity contribution in [1.82, 2.24) is 0 Å². The Balaban J connectivity index is 2.46. The molecule has 0 radical (unpaired) electrons. The molecule has 2 unspecified atom stereocenters. The SMILES string of the molecule is CCC(C)C(O)C1(CN)CC1. The average molecular weight is 157 g/mol. The number of hydrogen-bond acceptors (Lipinski definition) is 2. The van der Waals surface area contributed by atoms with E-state index in [1.165, 1.54) is 0 Å². The molecule has 11 heavy (non-hydrogen) atoms. The molecule has 2 nitrogen and oxygen atoms in total. The van der Waals surface area contributed by atoms with Gasteiger partial charge >= 0.3 is 0 Å². The van der Waals surface area contributed by atoms with Crippen molar-refractivity contribution >= 4 is 0 Å². The Labute approximate surface area is 68.8 Å². The zero-order valence-electron chi connectivity index (χ0n) is 7.51. The summed E-state index contributed by atoms with van der Waals surface area (Å²) < 4.78 is 0. The Morgan fingerprint density at radius 1 is 1.55 bits per heavy atom. The minimum Gasteiger partial charge on any atom is -0.392 e. The first-order valence-corrected chi connectivity index (χ1v) is 4.54. The maximum absolute atomic E-state index is 9.83. The standard InChI is InChI=1S/C9H19NO/c1-3-7(2)8(11)9(6-10)4-5-9/h7-8,11H,3-6,10H2,1-2H3. The molecular formula is C9H19NO. The van der Waals surface area contributed by atoms with Gasteiger partial charge in [0.2, 0.25) is 0 Å². The molecule has 0 amide bonds. The van der Waals surface area contributed by atoms with Crippen LogP contribution in [-0.2, 0) is 0 Å². The summed E-state index contributed by atoms with van der Waals surface area (Å²) >= 11 is 0. The van der Waals surface area contributed by atoms with E-state index in [4.69, 9.17) is 5.73 Å². The van der Waals surface area contributed by atoms with Crippen LogP contribution in [-0.4, -0.2) is 17.8 Å². The van der Waals surface area contributed by atoms with Gasteiger partial charge in [-0.3, -0.25) is 0 Å². The molecule has 1 rings (SSSR count). The molecule has 2 atom stereocenters. The first-order chi connectivity index (χ1) is 5.16. The van der Waals surface area contributed by atoms with E-state index < -0.39 is 0 Å². The van der Waals surface area contributed by atoms with E-state index in [-0.39, 0.29) is 11.5 Å². The fraction of sp³-hybridized carbons (Fsp3) is 1.00. The molecule has 0 spiro atoms. The third-order valence-corrected chi connectivity index (χ3v) is 3.11. The summed E-state index contributed by atoms with van der Waals surface area (Å²) in [7, 11) is 0. The highest BCUT2D eigenvalue weighted by atomic mass is 16.3. The van der Waals surface area contributed by atoms with Gasteiger partial charge in [-0.1, -0.05) is 20.3 Å². The van der Waals surface area contributed by atoms with Crippen LogP contribution in [0.2, 0.25) is 0 Å². The third-order valence-electron chi connectivity index (χ3n) is 3.11. The summed E-state index contributed by atoms with van der Waals surface area (Å²) in [6.45, 7) is 4.86. The third kappa shape index (κ3) is 1.57. The Morgan fingerprint density at radius 2 is 2.09 bits per heavy atom. The lowest BCUT2D eigenvalue weighted by molar-refractivity contribution is 0.0461. The van der Waals surface area contributed by atoms with Gasteiger partial charge in [-0.05, 0) is 18.8 Å². The normalized spacial score (nSPS) is 26.2. The molecule has 0 aromatic rings. The summed E-state index contributed by atoms with van der Waals surface area (Å²) in [5.74, 6) is 0.404. The number of aliphatic hydroxyl groups excluding tert-OH is 1. The molecule has 1 aliphatic carbocycles. The lowest BCUT2D eigenvalue weighted by atomic mass is 9.88. The van der Waals surface area contributed by atoms with Crippen molar-refractivity contribution in [1.29, 1.82) is 0 Å². The van der Waals surface area contributed by atoms with Crippen LogP contribution in [0.3, 0.4) is 0 Å². The number of aliphatic hydroxyl groups is 1. The largest absolute Gasteiger partial charge is 0.392 e. The fourth-order valence-corrected chi connectivity index (χ4v) is 1.61. The molecule has 66 valence electrons. The van der Waals surface area contributed by atoms with Crippen LogP contribution in [0, 0.1) is 11.3 Å². The molecular weight excluding hydrogens is 138 g/mol. The summed E-state index contributed by atoms with van der Waals surface area (Å²) in [6, 6.07) is 0. The molecule has 3 N–H and O–H groups in total. The second-order valence-corrected chi connectivity index (χ2v) is 3.90. The van der Waals surface area contributed by atoms with Gasteiger partial charge in [0, 0.05) is 12.0 Å².